The summed E-state index contributed by atoms with van der Waals surface area (Å²) in [5, 5.41) is 2.50. The van der Waals surface area contributed by atoms with E-state index >= 15 is 0 Å². The standard InChI is InChI=1S/C74H49N/c1-4-17-49(18-5-1)52-31-37-55(38-32-52)72(56-39-33-53(34-40-56)50-19-6-2-7-20-50)57-41-35-54(36-42-57)59-43-45-63-68(48-59)74(65-26-13-10-23-60(65)61-24-11-14-27-66(61)74)67-28-16-30-71(73(63)67)75-69-29-15-12-25-62(69)64-47-58(44-46-70(64)75)51-21-8-3-9-22-51/h1-48,72H. The van der Waals surface area contributed by atoms with Gasteiger partial charge in [0.2, 0.25) is 0 Å². The minimum atomic E-state index is -0.522. The van der Waals surface area contributed by atoms with Crippen LogP contribution in [0, 0.1) is 0 Å². The van der Waals surface area contributed by atoms with Crippen molar-refractivity contribution in [2.24, 2.45) is 0 Å². The van der Waals surface area contributed by atoms with Gasteiger partial charge in [-0.05, 0) is 130 Å². The normalized spacial score (nSPS) is 12.8. The Bertz CT molecular complexity index is 4170. The van der Waals surface area contributed by atoms with Gasteiger partial charge in [0, 0.05) is 22.3 Å². The molecule has 0 saturated heterocycles. The molecule has 0 amide bonds. The van der Waals surface area contributed by atoms with Crippen LogP contribution in [0.3, 0.4) is 0 Å². The van der Waals surface area contributed by atoms with Gasteiger partial charge < -0.3 is 4.57 Å². The van der Waals surface area contributed by atoms with Crippen LogP contribution in [-0.4, -0.2) is 4.57 Å². The highest BCUT2D eigenvalue weighted by Crippen LogP contribution is 2.64. The minimum Gasteiger partial charge on any atom is -0.309 e. The fourth-order valence-electron chi connectivity index (χ4n) is 13.0. The van der Waals surface area contributed by atoms with Crippen LogP contribution < -0.4 is 0 Å². The van der Waals surface area contributed by atoms with Gasteiger partial charge in [-0.2, -0.15) is 0 Å². The zero-order chi connectivity index (χ0) is 49.5. The number of fused-ring (bicyclic) bond motifs is 13. The molecule has 0 atom stereocenters. The first-order valence-electron chi connectivity index (χ1n) is 26.2. The van der Waals surface area contributed by atoms with Crippen LogP contribution in [0.1, 0.15) is 44.9 Å². The molecule has 75 heavy (non-hydrogen) atoms. The summed E-state index contributed by atoms with van der Waals surface area (Å²) in [7, 11) is 0. The lowest BCUT2D eigenvalue weighted by Gasteiger charge is -2.31. The van der Waals surface area contributed by atoms with E-state index in [0.29, 0.717) is 0 Å². The Labute approximate surface area is 438 Å². The van der Waals surface area contributed by atoms with E-state index in [2.05, 4.69) is 296 Å². The van der Waals surface area contributed by atoms with Crippen molar-refractivity contribution in [2.75, 3.05) is 0 Å². The number of nitrogens with zero attached hydrogens (tertiary/aromatic N) is 1. The molecule has 1 aromatic heterocycles. The third-order valence-electron chi connectivity index (χ3n) is 16.4. The molecule has 0 unspecified atom stereocenters. The monoisotopic (exact) mass is 951 g/mol. The molecule has 1 nitrogen and oxygen atoms in total. The van der Waals surface area contributed by atoms with Gasteiger partial charge in [-0.3, -0.25) is 0 Å². The van der Waals surface area contributed by atoms with Crippen molar-refractivity contribution < 1.29 is 0 Å². The van der Waals surface area contributed by atoms with Crippen molar-refractivity contribution in [1.82, 2.24) is 4.57 Å². The average Bonchev–Trinajstić information content (AvgIpc) is 4.32. The Morgan fingerprint density at radius 2 is 0.667 bits per heavy atom. The molecule has 12 aromatic carbocycles. The van der Waals surface area contributed by atoms with Crippen molar-refractivity contribution >= 4 is 21.8 Å². The first kappa shape index (κ1) is 43.1. The number of hydrogen-bond acceptors (Lipinski definition) is 0. The Morgan fingerprint density at radius 1 is 0.253 bits per heavy atom. The number of para-hydroxylation sites is 1. The summed E-state index contributed by atoms with van der Waals surface area (Å²) in [6.07, 6.45) is 0. The largest absolute Gasteiger partial charge is 0.309 e. The topological polar surface area (TPSA) is 4.93 Å². The lowest BCUT2D eigenvalue weighted by atomic mass is 9.70. The second-order valence-electron chi connectivity index (χ2n) is 20.3. The molecule has 0 fully saturated rings. The van der Waals surface area contributed by atoms with Gasteiger partial charge in [0.15, 0.2) is 0 Å². The van der Waals surface area contributed by atoms with Gasteiger partial charge in [-0.15, -0.1) is 0 Å². The molecule has 15 rings (SSSR count). The van der Waals surface area contributed by atoms with E-state index in [1.165, 1.54) is 133 Å². The highest BCUT2D eigenvalue weighted by Gasteiger charge is 2.52. The highest BCUT2D eigenvalue weighted by atomic mass is 15.0. The van der Waals surface area contributed by atoms with E-state index in [-0.39, 0.29) is 5.92 Å². The maximum atomic E-state index is 2.53. The Balaban J connectivity index is 0.890. The third kappa shape index (κ3) is 6.71. The summed E-state index contributed by atoms with van der Waals surface area (Å²) in [5.41, 5.74) is 27.1. The molecule has 0 saturated carbocycles. The average molecular weight is 952 g/mol. The fraction of sp³-hybridized carbons (Fsp3) is 0.0270. The molecule has 1 heterocycles. The van der Waals surface area contributed by atoms with Gasteiger partial charge in [0.05, 0.1) is 22.1 Å². The van der Waals surface area contributed by atoms with Crippen LogP contribution in [0.5, 0.6) is 0 Å². The molecule has 1 heteroatoms. The summed E-state index contributed by atoms with van der Waals surface area (Å²) in [6, 6.07) is 108. The first-order valence-corrected chi connectivity index (χ1v) is 26.2. The summed E-state index contributed by atoms with van der Waals surface area (Å²) in [4.78, 5) is 0. The van der Waals surface area contributed by atoms with Crippen LogP contribution in [-0.2, 0) is 5.41 Å². The molecule has 0 aliphatic heterocycles. The van der Waals surface area contributed by atoms with E-state index in [1.54, 1.807) is 0 Å². The molecule has 2 aliphatic carbocycles. The smallest absolute Gasteiger partial charge is 0.0726 e. The fourth-order valence-corrected chi connectivity index (χ4v) is 13.0. The Kier molecular flexibility index (Phi) is 9.93. The van der Waals surface area contributed by atoms with E-state index < -0.39 is 5.41 Å². The molecule has 13 aromatic rings. The zero-order valence-corrected chi connectivity index (χ0v) is 41.2. The van der Waals surface area contributed by atoms with Crippen molar-refractivity contribution in [3.63, 3.8) is 0 Å². The lowest BCUT2D eigenvalue weighted by Crippen LogP contribution is -2.26. The number of rotatable bonds is 8. The lowest BCUT2D eigenvalue weighted by molar-refractivity contribution is 0.793. The van der Waals surface area contributed by atoms with Gasteiger partial charge in [-0.25, -0.2) is 0 Å². The molecule has 0 bridgehead atoms. The second kappa shape index (κ2) is 17.3. The molecule has 350 valence electrons. The maximum absolute atomic E-state index is 2.53. The summed E-state index contributed by atoms with van der Waals surface area (Å²) < 4.78 is 2.53. The van der Waals surface area contributed by atoms with Gasteiger partial charge in [0.25, 0.3) is 0 Å². The van der Waals surface area contributed by atoms with Crippen LogP contribution in [0.2, 0.25) is 0 Å². The van der Waals surface area contributed by atoms with Crippen molar-refractivity contribution in [2.45, 2.75) is 11.3 Å². The van der Waals surface area contributed by atoms with Crippen molar-refractivity contribution in [1.29, 1.82) is 0 Å². The van der Waals surface area contributed by atoms with Crippen molar-refractivity contribution in [3.05, 3.63) is 330 Å². The molecule has 2 aliphatic rings. The molecular weight excluding hydrogens is 903 g/mol. The van der Waals surface area contributed by atoms with E-state index in [4.69, 9.17) is 0 Å². The summed E-state index contributed by atoms with van der Waals surface area (Å²) in [6.45, 7) is 0. The Hall–Kier alpha value is -9.56. The van der Waals surface area contributed by atoms with E-state index in [1.807, 2.05) is 0 Å². The molecule has 0 N–H and O–H groups in total. The molecular formula is C74H49N. The second-order valence-corrected chi connectivity index (χ2v) is 20.3. The number of benzene rings is 12. The number of aromatic nitrogens is 1. The predicted molar refractivity (Wildman–Crippen MR) is 313 cm³/mol. The summed E-state index contributed by atoms with van der Waals surface area (Å²) in [5.74, 6) is 0.0437. The SMILES string of the molecule is c1ccc(-c2ccc(C(c3ccc(-c4ccccc4)cc3)c3ccc(-c4ccc5c(c4)C4(c6ccccc6-c6ccccc64)c4cccc(-n6c7ccccc7c7cc(-c8ccccc8)ccc76)c4-5)cc3)cc2)cc1. The van der Waals surface area contributed by atoms with Gasteiger partial charge in [-0.1, -0.05) is 261 Å². The zero-order valence-electron chi connectivity index (χ0n) is 41.2. The Morgan fingerprint density at radius 3 is 1.24 bits per heavy atom. The maximum Gasteiger partial charge on any atom is 0.0726 e. The quantitative estimate of drug-likeness (QED) is 0.134. The van der Waals surface area contributed by atoms with Gasteiger partial charge >= 0.3 is 0 Å². The van der Waals surface area contributed by atoms with Gasteiger partial charge in [0.1, 0.15) is 0 Å². The third-order valence-corrected chi connectivity index (χ3v) is 16.4. The van der Waals surface area contributed by atoms with Crippen LogP contribution in [0.4, 0.5) is 0 Å². The number of hydrogen-bond donors (Lipinski definition) is 0. The molecule has 1 spiro atoms. The van der Waals surface area contributed by atoms with E-state index in [9.17, 15) is 0 Å². The van der Waals surface area contributed by atoms with Crippen LogP contribution in [0.15, 0.2) is 291 Å². The minimum absolute atomic E-state index is 0.0437. The first-order chi connectivity index (χ1) is 37.2. The highest BCUT2D eigenvalue weighted by molar-refractivity contribution is 6.11. The molecule has 0 radical (unpaired) electrons. The van der Waals surface area contributed by atoms with Crippen LogP contribution in [0.25, 0.3) is 94.3 Å². The van der Waals surface area contributed by atoms with Crippen LogP contribution >= 0.6 is 0 Å². The predicted octanol–water partition coefficient (Wildman–Crippen LogP) is 19.0. The van der Waals surface area contributed by atoms with E-state index in [0.717, 1.165) is 0 Å². The summed E-state index contributed by atoms with van der Waals surface area (Å²) >= 11 is 0. The van der Waals surface area contributed by atoms with Crippen molar-refractivity contribution in [3.8, 4) is 72.4 Å².